The van der Waals surface area contributed by atoms with Gasteiger partial charge in [0.1, 0.15) is 35.5 Å². The lowest BCUT2D eigenvalue weighted by Crippen LogP contribution is -2.15. The molecule has 2 heterocycles. The minimum Gasteiger partial charge on any atom is -0.480 e. The quantitative estimate of drug-likeness (QED) is 0.591. The molecular weight excluding hydrogens is 391 g/mol. The number of carbonyl (C=O) groups excluding carboxylic acids is 1. The molecule has 2 N–H and O–H groups in total. The summed E-state index contributed by atoms with van der Waals surface area (Å²) < 4.78 is 24.8. The molecule has 0 atom stereocenters. The van der Waals surface area contributed by atoms with Crippen LogP contribution in [0.5, 0.6) is 5.75 Å². The molecule has 0 aliphatic rings. The number of anilines is 1. The number of benzene rings is 1. The Bertz CT molecular complexity index is 997. The van der Waals surface area contributed by atoms with Crippen molar-refractivity contribution < 1.29 is 18.7 Å². The summed E-state index contributed by atoms with van der Waals surface area (Å²) in [5, 5.41) is 7.94. The molecule has 0 saturated heterocycles. The number of aryl methyl sites for hydroxylation is 1. The molecule has 0 saturated carbocycles. The predicted molar refractivity (Wildman–Crippen MR) is 97.0 cm³/mol. The molecule has 28 heavy (non-hydrogen) atoms. The summed E-state index contributed by atoms with van der Waals surface area (Å²) in [4.78, 5) is 20.0. The number of hydrogen-bond acceptors (Lipinski definition) is 8. The van der Waals surface area contributed by atoms with Gasteiger partial charge in [0.25, 0.3) is 0 Å². The van der Waals surface area contributed by atoms with E-state index in [1.165, 1.54) is 16.8 Å². The zero-order valence-electron chi connectivity index (χ0n) is 14.8. The van der Waals surface area contributed by atoms with E-state index in [1.807, 2.05) is 0 Å². The Morgan fingerprint density at radius 3 is 2.96 bits per heavy atom. The molecule has 2 aromatic heterocycles. The Balaban J connectivity index is 1.49. The van der Waals surface area contributed by atoms with Gasteiger partial charge in [0.05, 0.1) is 17.8 Å². The van der Waals surface area contributed by atoms with Crippen molar-refractivity contribution in [3.8, 4) is 5.75 Å². The van der Waals surface area contributed by atoms with Crippen LogP contribution >= 0.6 is 11.6 Å². The lowest BCUT2D eigenvalue weighted by Gasteiger charge is -2.07. The summed E-state index contributed by atoms with van der Waals surface area (Å²) in [5.41, 5.74) is 6.99. The number of nitrogens with two attached hydrogens (primary N) is 1. The van der Waals surface area contributed by atoms with Gasteiger partial charge in [-0.2, -0.15) is 0 Å². The number of aromatic nitrogens is 5. The maximum absolute atomic E-state index is 13.0. The Morgan fingerprint density at radius 1 is 1.39 bits per heavy atom. The van der Waals surface area contributed by atoms with Gasteiger partial charge in [-0.05, 0) is 25.1 Å². The van der Waals surface area contributed by atoms with Crippen molar-refractivity contribution in [2.45, 2.75) is 20.1 Å². The Hall–Kier alpha value is -3.27. The first-order chi connectivity index (χ1) is 13.4. The van der Waals surface area contributed by atoms with Gasteiger partial charge in [-0.3, -0.25) is 0 Å². The van der Waals surface area contributed by atoms with E-state index >= 15 is 0 Å². The number of halogens is 2. The molecule has 0 fully saturated rings. The van der Waals surface area contributed by atoms with Crippen LogP contribution in [0.2, 0.25) is 5.02 Å². The van der Waals surface area contributed by atoms with Gasteiger partial charge < -0.3 is 15.2 Å². The van der Waals surface area contributed by atoms with Crippen LogP contribution in [0.3, 0.4) is 0 Å². The van der Waals surface area contributed by atoms with Crippen LogP contribution in [-0.4, -0.2) is 37.5 Å². The standard InChI is InChI=1S/C17H16ClFN6O3/c1-10-21-5-11(17(20)22-10)6-25-7-13(23-24-25)8-28-16(26)9-27-15-3-2-12(19)4-14(15)18/h2-5,7H,6,8-9H2,1H3,(H2,20,21,22). The highest BCUT2D eigenvalue weighted by Gasteiger charge is 2.11. The maximum Gasteiger partial charge on any atom is 0.344 e. The molecular formula is C17H16ClFN6O3. The normalized spacial score (nSPS) is 10.7. The van der Waals surface area contributed by atoms with Crippen molar-refractivity contribution in [2.24, 2.45) is 0 Å². The minimum absolute atomic E-state index is 0.0649. The zero-order valence-corrected chi connectivity index (χ0v) is 15.6. The second-order valence-electron chi connectivity index (χ2n) is 5.76. The molecule has 9 nitrogen and oxygen atoms in total. The predicted octanol–water partition coefficient (Wildman–Crippen LogP) is 1.92. The second kappa shape index (κ2) is 8.61. The first kappa shape index (κ1) is 19.5. The molecule has 0 aliphatic heterocycles. The van der Waals surface area contributed by atoms with E-state index < -0.39 is 11.8 Å². The largest absolute Gasteiger partial charge is 0.480 e. The number of esters is 1. The summed E-state index contributed by atoms with van der Waals surface area (Å²) in [6, 6.07) is 3.60. The smallest absolute Gasteiger partial charge is 0.344 e. The summed E-state index contributed by atoms with van der Waals surface area (Å²) >= 11 is 5.82. The molecule has 3 rings (SSSR count). The van der Waals surface area contributed by atoms with E-state index in [4.69, 9.17) is 26.8 Å². The van der Waals surface area contributed by atoms with Crippen LogP contribution < -0.4 is 10.5 Å². The van der Waals surface area contributed by atoms with E-state index in [2.05, 4.69) is 20.3 Å². The lowest BCUT2D eigenvalue weighted by atomic mass is 10.3. The zero-order chi connectivity index (χ0) is 20.1. The maximum atomic E-state index is 13.0. The van der Waals surface area contributed by atoms with Crippen LogP contribution in [0, 0.1) is 12.7 Å². The summed E-state index contributed by atoms with van der Waals surface area (Å²) in [7, 11) is 0. The first-order valence-corrected chi connectivity index (χ1v) is 8.49. The minimum atomic E-state index is -0.633. The number of nitrogens with zero attached hydrogens (tertiary/aromatic N) is 5. The van der Waals surface area contributed by atoms with Crippen molar-refractivity contribution in [3.63, 3.8) is 0 Å². The van der Waals surface area contributed by atoms with Gasteiger partial charge in [0.2, 0.25) is 0 Å². The second-order valence-corrected chi connectivity index (χ2v) is 6.17. The molecule has 0 unspecified atom stereocenters. The van der Waals surface area contributed by atoms with E-state index in [0.29, 0.717) is 29.4 Å². The monoisotopic (exact) mass is 406 g/mol. The van der Waals surface area contributed by atoms with Gasteiger partial charge in [0.15, 0.2) is 6.61 Å². The SMILES string of the molecule is Cc1ncc(Cn2cc(COC(=O)COc3ccc(F)cc3Cl)nn2)c(N)n1. The highest BCUT2D eigenvalue weighted by molar-refractivity contribution is 6.32. The first-order valence-electron chi connectivity index (χ1n) is 8.11. The molecule has 0 amide bonds. The molecule has 11 heteroatoms. The van der Waals surface area contributed by atoms with E-state index in [9.17, 15) is 9.18 Å². The Labute approximate surface area is 164 Å². The summed E-state index contributed by atoms with van der Waals surface area (Å²) in [6.07, 6.45) is 3.24. The van der Waals surface area contributed by atoms with Crippen molar-refractivity contribution >= 4 is 23.4 Å². The number of ether oxygens (including phenoxy) is 2. The van der Waals surface area contributed by atoms with E-state index in [1.54, 1.807) is 19.3 Å². The third-order valence-electron chi connectivity index (χ3n) is 3.56. The van der Waals surface area contributed by atoms with Crippen LogP contribution in [0.25, 0.3) is 0 Å². The molecule has 1 aromatic carbocycles. The van der Waals surface area contributed by atoms with Crippen molar-refractivity contribution in [1.82, 2.24) is 25.0 Å². The van der Waals surface area contributed by atoms with Crippen LogP contribution in [0.1, 0.15) is 17.1 Å². The summed E-state index contributed by atoms with van der Waals surface area (Å²) in [5.74, 6) is 0.00104. The van der Waals surface area contributed by atoms with Crippen molar-refractivity contribution in [1.29, 1.82) is 0 Å². The number of rotatable bonds is 7. The van der Waals surface area contributed by atoms with Gasteiger partial charge in [-0.25, -0.2) is 23.8 Å². The lowest BCUT2D eigenvalue weighted by molar-refractivity contribution is -0.147. The number of nitrogen functional groups attached to an aromatic ring is 1. The highest BCUT2D eigenvalue weighted by Crippen LogP contribution is 2.24. The Kier molecular flexibility index (Phi) is 5.99. The third kappa shape index (κ3) is 5.13. The Morgan fingerprint density at radius 2 is 2.21 bits per heavy atom. The van der Waals surface area contributed by atoms with Crippen LogP contribution in [0.4, 0.5) is 10.2 Å². The fourth-order valence-corrected chi connectivity index (χ4v) is 2.44. The van der Waals surface area contributed by atoms with Crippen molar-refractivity contribution in [2.75, 3.05) is 12.3 Å². The van der Waals surface area contributed by atoms with Gasteiger partial charge >= 0.3 is 5.97 Å². The third-order valence-corrected chi connectivity index (χ3v) is 3.85. The fourth-order valence-electron chi connectivity index (χ4n) is 2.22. The molecule has 146 valence electrons. The highest BCUT2D eigenvalue weighted by atomic mass is 35.5. The number of hydrogen-bond donors (Lipinski definition) is 1. The molecule has 0 radical (unpaired) electrons. The number of carbonyl (C=O) groups is 1. The summed E-state index contributed by atoms with van der Waals surface area (Å²) in [6.45, 7) is 1.62. The van der Waals surface area contributed by atoms with Gasteiger partial charge in [0, 0.05) is 11.8 Å². The fraction of sp³-hybridized carbons (Fsp3) is 0.235. The van der Waals surface area contributed by atoms with Crippen LogP contribution in [0.15, 0.2) is 30.6 Å². The van der Waals surface area contributed by atoms with E-state index in [0.717, 1.165) is 6.07 Å². The molecule has 0 spiro atoms. The molecule has 0 aliphatic carbocycles. The van der Waals surface area contributed by atoms with Crippen LogP contribution in [-0.2, 0) is 22.7 Å². The average molecular weight is 407 g/mol. The van der Waals surface area contributed by atoms with E-state index in [-0.39, 0.29) is 24.0 Å². The van der Waals surface area contributed by atoms with Gasteiger partial charge in [-0.1, -0.05) is 16.8 Å². The van der Waals surface area contributed by atoms with Crippen molar-refractivity contribution in [3.05, 3.63) is 58.5 Å². The average Bonchev–Trinajstić information content (AvgIpc) is 3.09. The topological polar surface area (TPSA) is 118 Å². The molecule has 0 bridgehead atoms. The van der Waals surface area contributed by atoms with Gasteiger partial charge in [-0.15, -0.1) is 5.10 Å². The molecule has 3 aromatic rings.